The molecule has 11 rings (SSSR count). The van der Waals surface area contributed by atoms with Crippen LogP contribution in [0.3, 0.4) is 0 Å². The predicted molar refractivity (Wildman–Crippen MR) is 263 cm³/mol. The fourth-order valence-electron chi connectivity index (χ4n) is 11.5. The number of hydrogen-bond donors (Lipinski definition) is 4. The summed E-state index contributed by atoms with van der Waals surface area (Å²) in [4.78, 5) is 72.8. The highest BCUT2D eigenvalue weighted by molar-refractivity contribution is 7.12. The first-order valence-corrected chi connectivity index (χ1v) is 25.9. The molecule has 2 aliphatic carbocycles. The minimum Gasteiger partial charge on any atom is -0.464 e. The molecule has 2 unspecified atom stereocenters. The third kappa shape index (κ3) is 8.71. The van der Waals surface area contributed by atoms with Crippen LogP contribution in [0.4, 0.5) is 18.4 Å². The Hall–Kier alpha value is -6.60. The molecule has 3 amide bonds. The monoisotopic (exact) mass is 1000 g/mol. The molecule has 4 fully saturated rings. The van der Waals surface area contributed by atoms with E-state index in [1.807, 2.05) is 32.0 Å². The number of nitrogens with zero attached hydrogens (tertiary/aromatic N) is 4. The summed E-state index contributed by atoms with van der Waals surface area (Å²) in [6.07, 6.45) is 8.27. The number of nitrogens with one attached hydrogen (secondary N) is 4. The van der Waals surface area contributed by atoms with Crippen molar-refractivity contribution in [2.24, 2.45) is 17.8 Å². The highest BCUT2D eigenvalue weighted by Gasteiger charge is 2.43. The fourth-order valence-corrected chi connectivity index (χ4v) is 12.7. The van der Waals surface area contributed by atoms with Crippen LogP contribution in [0.5, 0.6) is 5.75 Å². The van der Waals surface area contributed by atoms with E-state index in [4.69, 9.17) is 23.9 Å². The number of ketones is 1. The molecule has 2 saturated carbocycles. The zero-order chi connectivity index (χ0) is 49.9. The first-order valence-electron chi connectivity index (χ1n) is 25.1. The summed E-state index contributed by atoms with van der Waals surface area (Å²) in [5, 5.41) is 5.78. The van der Waals surface area contributed by atoms with Crippen LogP contribution in [-0.2, 0) is 23.8 Å². The molecule has 0 bridgehead atoms. The molecule has 72 heavy (non-hydrogen) atoms. The Morgan fingerprint density at radius 2 is 1.54 bits per heavy atom. The topological polar surface area (TPSA) is 195 Å². The number of halogens is 2. The van der Waals surface area contributed by atoms with E-state index in [0.717, 1.165) is 37.0 Å². The number of carbonyl (C=O) groups is 4. The zero-order valence-corrected chi connectivity index (χ0v) is 41.4. The van der Waals surface area contributed by atoms with Crippen molar-refractivity contribution in [1.29, 1.82) is 0 Å². The molecule has 2 aromatic carbocycles. The van der Waals surface area contributed by atoms with Crippen LogP contribution in [0.2, 0.25) is 0 Å². The Kier molecular flexibility index (Phi) is 12.9. The SMILES string of the molecule is COC(=O)N[C@H](C(=O)N1CCC[C@H]1c1ncc(-c2cc(F)c3c(c2)OC(c2ccc(C4CC4)s2)n2c-3c(F)c3cc(-c4cnc([C@@H]5CCCC5C(=O)[C@@H](NC(=O)OC)C5CCOCC5)[nH]4)ccc32)[nH]1)C(C)C. The molecule has 4 N–H and O–H groups in total. The van der Waals surface area contributed by atoms with Crippen LogP contribution >= 0.6 is 11.3 Å². The first-order chi connectivity index (χ1) is 34.9. The molecule has 3 aliphatic heterocycles. The Labute approximate surface area is 418 Å². The molecule has 16 nitrogen and oxygen atoms in total. The van der Waals surface area contributed by atoms with Crippen molar-refractivity contribution in [1.82, 2.24) is 40.0 Å². The quantitative estimate of drug-likeness (QED) is 0.0865. The van der Waals surface area contributed by atoms with E-state index < -0.39 is 48.2 Å². The van der Waals surface area contributed by atoms with E-state index in [2.05, 4.69) is 31.7 Å². The number of aromatic nitrogens is 5. The highest BCUT2D eigenvalue weighted by atomic mass is 32.1. The third-order valence-electron chi connectivity index (χ3n) is 15.4. The second-order valence-corrected chi connectivity index (χ2v) is 21.2. The number of amides is 3. The van der Waals surface area contributed by atoms with Crippen molar-refractivity contribution < 1.29 is 46.9 Å². The number of rotatable bonds is 13. The second-order valence-electron chi connectivity index (χ2n) is 20.1. The van der Waals surface area contributed by atoms with Crippen LogP contribution in [0, 0.1) is 29.4 Å². The number of alkyl carbamates (subject to hydrolysis) is 2. The number of thiophene rings is 1. The normalized spacial score (nSPS) is 21.8. The number of ether oxygens (including phenoxy) is 4. The van der Waals surface area contributed by atoms with E-state index >= 15 is 8.78 Å². The lowest BCUT2D eigenvalue weighted by atomic mass is 9.80. The minimum atomic E-state index is -0.811. The molecule has 378 valence electrons. The third-order valence-corrected chi connectivity index (χ3v) is 16.6. The van der Waals surface area contributed by atoms with Crippen LogP contribution in [0.1, 0.15) is 117 Å². The number of H-pyrrole nitrogens is 2. The molecule has 0 spiro atoms. The molecule has 6 aromatic rings. The average molecular weight is 1010 g/mol. The van der Waals surface area contributed by atoms with Crippen molar-refractivity contribution >= 4 is 46.1 Å². The van der Waals surface area contributed by atoms with Gasteiger partial charge in [0.05, 0.1) is 71.7 Å². The molecular weight excluding hydrogens is 947 g/mol. The van der Waals surface area contributed by atoms with E-state index in [1.54, 1.807) is 45.3 Å². The Morgan fingerprint density at radius 3 is 2.29 bits per heavy atom. The highest BCUT2D eigenvalue weighted by Crippen LogP contribution is 2.52. The van der Waals surface area contributed by atoms with Gasteiger partial charge in [-0.05, 0) is 106 Å². The number of Topliss-reactive ketones (excluding diaryl/α,β-unsaturated/α-hetero) is 1. The lowest BCUT2D eigenvalue weighted by Gasteiger charge is -2.32. The fraction of sp³-hybridized carbons (Fsp3) is 0.472. The van der Waals surface area contributed by atoms with Crippen molar-refractivity contribution in [3.05, 3.63) is 87.9 Å². The van der Waals surface area contributed by atoms with Crippen molar-refractivity contribution in [3.63, 3.8) is 0 Å². The summed E-state index contributed by atoms with van der Waals surface area (Å²) in [7, 11) is 2.54. The molecule has 6 atom stereocenters. The molecule has 19 heteroatoms. The van der Waals surface area contributed by atoms with Crippen LogP contribution < -0.4 is 15.4 Å². The average Bonchev–Trinajstić information content (AvgIpc) is 4.10. The van der Waals surface area contributed by atoms with Gasteiger partial charge in [-0.2, -0.15) is 0 Å². The Morgan fingerprint density at radius 1 is 0.819 bits per heavy atom. The molecule has 2 saturated heterocycles. The summed E-state index contributed by atoms with van der Waals surface area (Å²) >= 11 is 1.62. The van der Waals surface area contributed by atoms with Gasteiger partial charge in [-0.1, -0.05) is 26.3 Å². The van der Waals surface area contributed by atoms with Crippen molar-refractivity contribution in [3.8, 4) is 39.5 Å². The second kappa shape index (κ2) is 19.4. The minimum absolute atomic E-state index is 0.00382. The van der Waals surface area contributed by atoms with Gasteiger partial charge in [-0.15, -0.1) is 11.3 Å². The molecule has 0 radical (unpaired) electrons. The molecular formula is C53H58F2N8O8S. The standard InChI is InChI=1S/C53H58F2N8O8S/c1-26(2)44(60-52(66)68-3)50(65)62-18-6-9-38(62)49-57-25-36(59-49)30-22-34(54)42-39(23-30)71-51(41-15-14-40(72-41)27-10-11-27)63-37-13-12-29(21-33(37)43(55)46(42)63)35-24-56-48(58-35)32-8-5-7-31(32)47(64)45(61-53(67)69-4)28-16-19-70-20-17-28/h12-15,21-28,31-32,38,44-45,51H,5-11,16-20H2,1-4H3,(H,56,58)(H,57,59)(H,60,66)(H,61,67)/t31?,32-,38+,44+,45+,51?/m1/s1. The van der Waals surface area contributed by atoms with Crippen LogP contribution in [0.25, 0.3) is 44.7 Å². The lowest BCUT2D eigenvalue weighted by molar-refractivity contribution is -0.135. The van der Waals surface area contributed by atoms with Gasteiger partial charge in [0.2, 0.25) is 12.1 Å². The number of methoxy groups -OCH3 is 2. The van der Waals surface area contributed by atoms with Crippen molar-refractivity contribution in [2.45, 2.75) is 108 Å². The maximum absolute atomic E-state index is 17.5. The van der Waals surface area contributed by atoms with Crippen molar-refractivity contribution in [2.75, 3.05) is 34.0 Å². The Balaban J connectivity index is 0.912. The summed E-state index contributed by atoms with van der Waals surface area (Å²) in [5.41, 5.74) is 2.82. The van der Waals surface area contributed by atoms with E-state index in [9.17, 15) is 19.2 Å². The van der Waals surface area contributed by atoms with Gasteiger partial charge in [0, 0.05) is 53.0 Å². The lowest BCUT2D eigenvalue weighted by Crippen LogP contribution is -2.51. The van der Waals surface area contributed by atoms with Gasteiger partial charge in [0.25, 0.3) is 0 Å². The number of benzene rings is 2. The van der Waals surface area contributed by atoms with E-state index in [-0.39, 0.29) is 57.8 Å². The maximum Gasteiger partial charge on any atom is 0.407 e. The van der Waals surface area contributed by atoms with Gasteiger partial charge in [-0.25, -0.2) is 28.3 Å². The molecule has 7 heterocycles. The maximum atomic E-state index is 17.5. The predicted octanol–water partition coefficient (Wildman–Crippen LogP) is 9.89. The van der Waals surface area contributed by atoms with E-state index in [0.29, 0.717) is 91.0 Å². The summed E-state index contributed by atoms with van der Waals surface area (Å²) in [6, 6.07) is 10.7. The summed E-state index contributed by atoms with van der Waals surface area (Å²) < 4.78 is 58.3. The van der Waals surface area contributed by atoms with Gasteiger partial charge in [0.15, 0.2) is 11.6 Å². The van der Waals surface area contributed by atoms with Gasteiger partial charge in [-0.3, -0.25) is 14.2 Å². The van der Waals surface area contributed by atoms with Crippen LogP contribution in [0.15, 0.2) is 54.9 Å². The first kappa shape index (κ1) is 47.7. The van der Waals surface area contributed by atoms with Gasteiger partial charge >= 0.3 is 12.2 Å². The number of hydrogen-bond acceptors (Lipinski definition) is 11. The van der Waals surface area contributed by atoms with Gasteiger partial charge in [0.1, 0.15) is 29.3 Å². The van der Waals surface area contributed by atoms with Gasteiger partial charge < -0.3 is 44.4 Å². The number of aromatic amines is 2. The summed E-state index contributed by atoms with van der Waals surface area (Å²) in [6.45, 7) is 5.23. The van der Waals surface area contributed by atoms with E-state index in [1.165, 1.54) is 25.2 Å². The zero-order valence-electron chi connectivity index (χ0n) is 40.6. The molecule has 5 aliphatic rings. The number of fused-ring (bicyclic) bond motifs is 5. The Bertz CT molecular complexity index is 3060. The number of carbonyl (C=O) groups excluding carboxylic acids is 4. The smallest absolute Gasteiger partial charge is 0.407 e. The summed E-state index contributed by atoms with van der Waals surface area (Å²) in [5.74, 6) is -0.586. The molecule has 4 aromatic heterocycles. The van der Waals surface area contributed by atoms with Crippen LogP contribution in [-0.4, -0.2) is 99.3 Å². The largest absolute Gasteiger partial charge is 0.464 e. The number of imidazole rings is 2. The number of likely N-dealkylation sites (tertiary alicyclic amines) is 1.